The molecule has 1 fully saturated rings. The van der Waals surface area contributed by atoms with E-state index in [1.807, 2.05) is 0 Å². The summed E-state index contributed by atoms with van der Waals surface area (Å²) < 4.78 is 0. The minimum atomic E-state index is 0.713. The molecule has 1 saturated heterocycles. The highest BCUT2D eigenvalue weighted by molar-refractivity contribution is 4.74. The molecule has 0 spiro atoms. The summed E-state index contributed by atoms with van der Waals surface area (Å²) in [6, 6.07) is 0.713. The van der Waals surface area contributed by atoms with Crippen molar-refractivity contribution < 1.29 is 0 Å². The molecule has 0 aromatic carbocycles. The monoisotopic (exact) mass is 184 g/mol. The van der Waals surface area contributed by atoms with Crippen molar-refractivity contribution in [3.05, 3.63) is 0 Å². The summed E-state index contributed by atoms with van der Waals surface area (Å²) in [5.41, 5.74) is 0. The Hall–Kier alpha value is -0.0800. The highest BCUT2D eigenvalue weighted by Crippen LogP contribution is 2.08. The Labute approximate surface area is 82.7 Å². The molecule has 0 aliphatic carbocycles. The van der Waals surface area contributed by atoms with Gasteiger partial charge in [-0.1, -0.05) is 13.8 Å². The van der Waals surface area contributed by atoms with E-state index in [0.717, 1.165) is 5.92 Å². The van der Waals surface area contributed by atoms with Crippen molar-refractivity contribution in [3.8, 4) is 0 Å². The first-order valence-corrected chi connectivity index (χ1v) is 5.60. The Morgan fingerprint density at radius 3 is 2.85 bits per heavy atom. The van der Waals surface area contributed by atoms with E-state index >= 15 is 0 Å². The topological polar surface area (TPSA) is 15.3 Å². The smallest absolute Gasteiger partial charge is 0.0197 e. The molecule has 0 aromatic rings. The third kappa shape index (κ3) is 4.63. The predicted molar refractivity (Wildman–Crippen MR) is 58.0 cm³/mol. The van der Waals surface area contributed by atoms with E-state index in [2.05, 4.69) is 31.1 Å². The van der Waals surface area contributed by atoms with Crippen molar-refractivity contribution in [3.63, 3.8) is 0 Å². The molecule has 0 aromatic heterocycles. The first kappa shape index (κ1) is 11.0. The predicted octanol–water partition coefficient (Wildman–Crippen LogP) is 1.72. The second kappa shape index (κ2) is 5.61. The van der Waals surface area contributed by atoms with Crippen LogP contribution in [0, 0.1) is 5.92 Å². The van der Waals surface area contributed by atoms with Gasteiger partial charge in [0.15, 0.2) is 0 Å². The molecular formula is C11H24N2. The molecule has 1 heterocycles. The van der Waals surface area contributed by atoms with Crippen LogP contribution in [-0.4, -0.2) is 37.6 Å². The zero-order chi connectivity index (χ0) is 9.68. The van der Waals surface area contributed by atoms with Crippen LogP contribution in [0.15, 0.2) is 0 Å². The van der Waals surface area contributed by atoms with E-state index < -0.39 is 0 Å². The quantitative estimate of drug-likeness (QED) is 0.703. The van der Waals surface area contributed by atoms with Gasteiger partial charge in [0.05, 0.1) is 0 Å². The lowest BCUT2D eigenvalue weighted by molar-refractivity contribution is 0.245. The van der Waals surface area contributed by atoms with E-state index in [1.54, 1.807) is 0 Å². The zero-order valence-corrected chi connectivity index (χ0v) is 9.34. The van der Waals surface area contributed by atoms with E-state index in [1.165, 1.54) is 38.9 Å². The van der Waals surface area contributed by atoms with Gasteiger partial charge in [0.2, 0.25) is 0 Å². The molecule has 1 N–H and O–H groups in total. The molecule has 0 radical (unpaired) electrons. The summed E-state index contributed by atoms with van der Waals surface area (Å²) in [5.74, 6) is 0.810. The SMILES string of the molecule is CC(C)CC1CN(C)CCCCN1. The third-order valence-corrected chi connectivity index (χ3v) is 2.69. The molecule has 2 nitrogen and oxygen atoms in total. The molecule has 1 unspecified atom stereocenters. The Morgan fingerprint density at radius 2 is 2.15 bits per heavy atom. The molecular weight excluding hydrogens is 160 g/mol. The van der Waals surface area contributed by atoms with Gasteiger partial charge in [-0.2, -0.15) is 0 Å². The lowest BCUT2D eigenvalue weighted by Crippen LogP contribution is -2.43. The van der Waals surface area contributed by atoms with Crippen molar-refractivity contribution in [1.29, 1.82) is 0 Å². The van der Waals surface area contributed by atoms with Crippen molar-refractivity contribution >= 4 is 0 Å². The lowest BCUT2D eigenvalue weighted by Gasteiger charge is -2.28. The maximum atomic E-state index is 3.64. The van der Waals surface area contributed by atoms with Crippen LogP contribution in [0.5, 0.6) is 0 Å². The maximum Gasteiger partial charge on any atom is 0.0197 e. The lowest BCUT2D eigenvalue weighted by atomic mass is 10.0. The van der Waals surface area contributed by atoms with Gasteiger partial charge < -0.3 is 10.2 Å². The standard InChI is InChI=1S/C11H24N2/c1-10(2)8-11-9-13(3)7-5-4-6-12-11/h10-12H,4-9H2,1-3H3. The van der Waals surface area contributed by atoms with Crippen LogP contribution < -0.4 is 5.32 Å². The van der Waals surface area contributed by atoms with Gasteiger partial charge in [0.25, 0.3) is 0 Å². The van der Waals surface area contributed by atoms with Crippen LogP contribution >= 0.6 is 0 Å². The highest BCUT2D eigenvalue weighted by Gasteiger charge is 2.14. The first-order chi connectivity index (χ1) is 6.18. The van der Waals surface area contributed by atoms with Crippen LogP contribution in [0.1, 0.15) is 33.1 Å². The van der Waals surface area contributed by atoms with E-state index in [0.29, 0.717) is 6.04 Å². The number of nitrogens with one attached hydrogen (secondary N) is 1. The molecule has 0 bridgehead atoms. The van der Waals surface area contributed by atoms with Gasteiger partial charge in [-0.25, -0.2) is 0 Å². The van der Waals surface area contributed by atoms with Gasteiger partial charge in [0, 0.05) is 12.6 Å². The zero-order valence-electron chi connectivity index (χ0n) is 9.34. The van der Waals surface area contributed by atoms with Gasteiger partial charge in [-0.15, -0.1) is 0 Å². The Morgan fingerprint density at radius 1 is 1.38 bits per heavy atom. The minimum absolute atomic E-state index is 0.713. The minimum Gasteiger partial charge on any atom is -0.313 e. The Kier molecular flexibility index (Phi) is 4.74. The largest absolute Gasteiger partial charge is 0.313 e. The van der Waals surface area contributed by atoms with Crippen LogP contribution in [0.2, 0.25) is 0 Å². The normalized spacial score (nSPS) is 27.2. The molecule has 1 aliphatic heterocycles. The maximum absolute atomic E-state index is 3.64. The number of hydrogen-bond acceptors (Lipinski definition) is 2. The van der Waals surface area contributed by atoms with Crippen LogP contribution in [0.25, 0.3) is 0 Å². The van der Waals surface area contributed by atoms with Crippen molar-refractivity contribution in [2.24, 2.45) is 5.92 Å². The number of nitrogens with zero attached hydrogens (tertiary/aromatic N) is 1. The van der Waals surface area contributed by atoms with Crippen molar-refractivity contribution in [2.45, 2.75) is 39.2 Å². The van der Waals surface area contributed by atoms with Crippen LogP contribution in [0.4, 0.5) is 0 Å². The van der Waals surface area contributed by atoms with E-state index in [9.17, 15) is 0 Å². The van der Waals surface area contributed by atoms with Gasteiger partial charge in [-0.3, -0.25) is 0 Å². The number of rotatable bonds is 2. The summed E-state index contributed by atoms with van der Waals surface area (Å²) in [6.07, 6.45) is 3.99. The molecule has 0 saturated carbocycles. The van der Waals surface area contributed by atoms with Crippen LogP contribution in [0.3, 0.4) is 0 Å². The summed E-state index contributed by atoms with van der Waals surface area (Å²) >= 11 is 0. The number of likely N-dealkylation sites (N-methyl/N-ethyl adjacent to an activating group) is 1. The molecule has 78 valence electrons. The molecule has 1 rings (SSSR count). The molecule has 1 aliphatic rings. The van der Waals surface area contributed by atoms with Crippen LogP contribution in [-0.2, 0) is 0 Å². The fraction of sp³-hybridized carbons (Fsp3) is 1.00. The molecule has 13 heavy (non-hydrogen) atoms. The second-order valence-electron chi connectivity index (χ2n) is 4.75. The summed E-state index contributed by atoms with van der Waals surface area (Å²) in [6.45, 7) is 8.32. The molecule has 0 amide bonds. The van der Waals surface area contributed by atoms with E-state index in [-0.39, 0.29) is 0 Å². The molecule has 1 atom stereocenters. The average Bonchev–Trinajstić information content (AvgIpc) is 1.98. The second-order valence-corrected chi connectivity index (χ2v) is 4.75. The Bertz CT molecular complexity index is 134. The van der Waals surface area contributed by atoms with Crippen molar-refractivity contribution in [1.82, 2.24) is 10.2 Å². The summed E-state index contributed by atoms with van der Waals surface area (Å²) in [4.78, 5) is 2.46. The fourth-order valence-electron chi connectivity index (χ4n) is 2.07. The third-order valence-electron chi connectivity index (χ3n) is 2.69. The highest BCUT2D eigenvalue weighted by atomic mass is 15.1. The first-order valence-electron chi connectivity index (χ1n) is 5.60. The van der Waals surface area contributed by atoms with E-state index in [4.69, 9.17) is 0 Å². The fourth-order valence-corrected chi connectivity index (χ4v) is 2.07. The summed E-state index contributed by atoms with van der Waals surface area (Å²) in [5, 5.41) is 3.64. The van der Waals surface area contributed by atoms with Gasteiger partial charge in [0.1, 0.15) is 0 Å². The van der Waals surface area contributed by atoms with Gasteiger partial charge >= 0.3 is 0 Å². The van der Waals surface area contributed by atoms with Crippen molar-refractivity contribution in [2.75, 3.05) is 26.7 Å². The van der Waals surface area contributed by atoms with Gasteiger partial charge in [-0.05, 0) is 45.3 Å². The summed E-state index contributed by atoms with van der Waals surface area (Å²) in [7, 11) is 2.24. The molecule has 2 heteroatoms. The average molecular weight is 184 g/mol. The number of hydrogen-bond donors (Lipinski definition) is 1. The Balaban J connectivity index is 2.32.